The van der Waals surface area contributed by atoms with Crippen molar-refractivity contribution >= 4 is 11.7 Å². The first kappa shape index (κ1) is 10.4. The predicted octanol–water partition coefficient (Wildman–Crippen LogP) is 1.53. The van der Waals surface area contributed by atoms with E-state index in [9.17, 15) is 4.79 Å². The summed E-state index contributed by atoms with van der Waals surface area (Å²) < 4.78 is 5.43. The van der Waals surface area contributed by atoms with Gasteiger partial charge in [-0.3, -0.25) is 4.79 Å². The minimum Gasteiger partial charge on any atom is -0.461 e. The van der Waals surface area contributed by atoms with Crippen molar-refractivity contribution < 1.29 is 9.21 Å². The molecule has 3 aliphatic heterocycles. The number of aliphatic imine (C=N–C) groups is 1. The molecule has 0 bridgehead atoms. The third-order valence-electron chi connectivity index (χ3n) is 3.43. The summed E-state index contributed by atoms with van der Waals surface area (Å²) in [5.74, 6) is 1.45. The number of nitrogens with zero attached hydrogens (tertiary/aromatic N) is 2. The van der Waals surface area contributed by atoms with E-state index in [0.717, 1.165) is 41.5 Å². The largest absolute Gasteiger partial charge is 0.461 e. The number of amidine groups is 1. The van der Waals surface area contributed by atoms with Crippen LogP contribution in [0, 0.1) is 0 Å². The number of amides is 1. The van der Waals surface area contributed by atoms with Gasteiger partial charge in [0.1, 0.15) is 0 Å². The summed E-state index contributed by atoms with van der Waals surface area (Å²) in [6.07, 6.45) is 7.57. The average molecular weight is 253 g/mol. The lowest BCUT2D eigenvalue weighted by Crippen LogP contribution is -2.31. The van der Waals surface area contributed by atoms with Gasteiger partial charge in [0.2, 0.25) is 5.91 Å². The van der Waals surface area contributed by atoms with Crippen LogP contribution < -0.4 is 5.32 Å². The Hall–Kier alpha value is -2.56. The molecule has 0 atom stereocenters. The first-order valence-electron chi connectivity index (χ1n) is 6.15. The molecular weight excluding hydrogens is 242 g/mol. The Morgan fingerprint density at radius 1 is 1.37 bits per heavy atom. The minimum absolute atomic E-state index is 0.0841. The third kappa shape index (κ3) is 1.48. The Kier molecular flexibility index (Phi) is 2.03. The van der Waals surface area contributed by atoms with Crippen LogP contribution in [-0.4, -0.2) is 23.2 Å². The monoisotopic (exact) mass is 253 g/mol. The van der Waals surface area contributed by atoms with E-state index in [0.29, 0.717) is 0 Å². The van der Waals surface area contributed by atoms with Gasteiger partial charge in [-0.1, -0.05) is 0 Å². The molecule has 1 amide bonds. The van der Waals surface area contributed by atoms with Crippen LogP contribution in [0.1, 0.15) is 12.2 Å². The number of nitrogens with one attached hydrogen (secondary N) is 1. The molecule has 0 aromatic carbocycles. The SMILES string of the molecule is O=C1C=CC2=CN=C(c3ccco3)N3CCC(=C23)N1. The van der Waals surface area contributed by atoms with Crippen LogP contribution in [0.15, 0.2) is 63.1 Å². The van der Waals surface area contributed by atoms with Crippen molar-refractivity contribution in [2.45, 2.75) is 6.42 Å². The Bertz CT molecular complexity index is 678. The zero-order chi connectivity index (χ0) is 12.8. The molecule has 4 heterocycles. The van der Waals surface area contributed by atoms with E-state index >= 15 is 0 Å². The molecule has 5 nitrogen and oxygen atoms in total. The molecule has 0 unspecified atom stereocenters. The van der Waals surface area contributed by atoms with Gasteiger partial charge in [-0.25, -0.2) is 4.99 Å². The number of rotatable bonds is 1. The van der Waals surface area contributed by atoms with E-state index in [1.165, 1.54) is 6.08 Å². The Morgan fingerprint density at radius 2 is 2.32 bits per heavy atom. The summed E-state index contributed by atoms with van der Waals surface area (Å²) in [6, 6.07) is 3.73. The molecule has 1 N–H and O–H groups in total. The molecule has 1 aromatic heterocycles. The van der Waals surface area contributed by atoms with Crippen molar-refractivity contribution in [1.29, 1.82) is 0 Å². The molecule has 0 saturated heterocycles. The van der Waals surface area contributed by atoms with Crippen LogP contribution in [0.2, 0.25) is 0 Å². The van der Waals surface area contributed by atoms with Gasteiger partial charge in [0, 0.05) is 36.5 Å². The molecule has 0 aliphatic carbocycles. The Balaban J connectivity index is 1.86. The van der Waals surface area contributed by atoms with Gasteiger partial charge >= 0.3 is 0 Å². The van der Waals surface area contributed by atoms with Crippen LogP contribution in [0.25, 0.3) is 0 Å². The quantitative estimate of drug-likeness (QED) is 0.825. The number of hydrogen-bond donors (Lipinski definition) is 1. The topological polar surface area (TPSA) is 57.8 Å². The van der Waals surface area contributed by atoms with Gasteiger partial charge in [-0.15, -0.1) is 0 Å². The minimum atomic E-state index is -0.0841. The van der Waals surface area contributed by atoms with E-state index in [2.05, 4.69) is 15.2 Å². The van der Waals surface area contributed by atoms with Gasteiger partial charge in [-0.05, 0) is 18.2 Å². The summed E-state index contributed by atoms with van der Waals surface area (Å²) in [5.41, 5.74) is 2.95. The summed E-state index contributed by atoms with van der Waals surface area (Å²) in [6.45, 7) is 0.801. The van der Waals surface area contributed by atoms with Gasteiger partial charge < -0.3 is 14.6 Å². The normalized spacial score (nSPS) is 20.8. The zero-order valence-corrected chi connectivity index (χ0v) is 10.1. The van der Waals surface area contributed by atoms with Crippen molar-refractivity contribution in [3.05, 3.63) is 59.5 Å². The third-order valence-corrected chi connectivity index (χ3v) is 3.43. The summed E-state index contributed by atoms with van der Waals surface area (Å²) >= 11 is 0. The standard InChI is InChI=1S/C14H11N3O2/c18-12-4-3-9-8-15-14(11-2-1-7-19-11)17-6-5-10(16-12)13(9)17/h1-4,7-8H,5-6H2,(H,16,18). The predicted molar refractivity (Wildman–Crippen MR) is 69.0 cm³/mol. The fourth-order valence-electron chi connectivity index (χ4n) is 2.62. The second kappa shape index (κ2) is 3.71. The summed E-state index contributed by atoms with van der Waals surface area (Å²) in [4.78, 5) is 18.2. The fraction of sp³-hybridized carbons (Fsp3) is 0.143. The van der Waals surface area contributed by atoms with Gasteiger partial charge in [-0.2, -0.15) is 0 Å². The molecule has 5 heteroatoms. The number of carbonyl (C=O) groups is 1. The average Bonchev–Trinajstić information content (AvgIpc) is 3.03. The first-order chi connectivity index (χ1) is 9.33. The lowest BCUT2D eigenvalue weighted by atomic mass is 10.1. The van der Waals surface area contributed by atoms with E-state index in [4.69, 9.17) is 4.42 Å². The van der Waals surface area contributed by atoms with Crippen molar-refractivity contribution in [1.82, 2.24) is 10.2 Å². The van der Waals surface area contributed by atoms with Crippen LogP contribution in [0.5, 0.6) is 0 Å². The molecule has 3 aliphatic rings. The molecule has 0 spiro atoms. The van der Waals surface area contributed by atoms with Gasteiger partial charge in [0.15, 0.2) is 11.6 Å². The summed E-state index contributed by atoms with van der Waals surface area (Å²) in [5, 5.41) is 2.92. The maximum absolute atomic E-state index is 11.6. The van der Waals surface area contributed by atoms with Crippen LogP contribution in [-0.2, 0) is 4.79 Å². The molecule has 19 heavy (non-hydrogen) atoms. The lowest BCUT2D eigenvalue weighted by molar-refractivity contribution is -0.115. The van der Waals surface area contributed by atoms with E-state index < -0.39 is 0 Å². The number of furan rings is 1. The summed E-state index contributed by atoms with van der Waals surface area (Å²) in [7, 11) is 0. The van der Waals surface area contributed by atoms with Crippen LogP contribution >= 0.6 is 0 Å². The Morgan fingerprint density at radius 3 is 3.16 bits per heavy atom. The van der Waals surface area contributed by atoms with Crippen molar-refractivity contribution in [2.24, 2.45) is 4.99 Å². The maximum atomic E-state index is 11.6. The highest BCUT2D eigenvalue weighted by Gasteiger charge is 2.33. The first-order valence-corrected chi connectivity index (χ1v) is 6.15. The van der Waals surface area contributed by atoms with E-state index in [1.54, 1.807) is 18.5 Å². The van der Waals surface area contributed by atoms with Crippen molar-refractivity contribution in [3.63, 3.8) is 0 Å². The number of hydrogen-bond acceptors (Lipinski definition) is 4. The number of carbonyl (C=O) groups excluding carboxylic acids is 1. The van der Waals surface area contributed by atoms with E-state index in [1.807, 2.05) is 12.1 Å². The van der Waals surface area contributed by atoms with Gasteiger partial charge in [0.25, 0.3) is 0 Å². The lowest BCUT2D eigenvalue weighted by Gasteiger charge is -2.26. The highest BCUT2D eigenvalue weighted by Crippen LogP contribution is 2.34. The van der Waals surface area contributed by atoms with Crippen LogP contribution in [0.4, 0.5) is 0 Å². The van der Waals surface area contributed by atoms with E-state index in [-0.39, 0.29) is 5.91 Å². The molecule has 0 saturated carbocycles. The molecule has 4 rings (SSSR count). The second-order valence-electron chi connectivity index (χ2n) is 4.57. The van der Waals surface area contributed by atoms with Crippen molar-refractivity contribution in [2.75, 3.05) is 6.54 Å². The molecular formula is C14H11N3O2. The molecule has 94 valence electrons. The molecule has 0 fully saturated rings. The fourth-order valence-corrected chi connectivity index (χ4v) is 2.62. The van der Waals surface area contributed by atoms with Crippen molar-refractivity contribution in [3.8, 4) is 0 Å². The molecule has 1 aromatic rings. The second-order valence-corrected chi connectivity index (χ2v) is 4.57. The maximum Gasteiger partial charge on any atom is 0.248 e. The smallest absolute Gasteiger partial charge is 0.248 e. The highest BCUT2D eigenvalue weighted by molar-refractivity contribution is 6.00. The number of allylic oxidation sites excluding steroid dienone is 1. The zero-order valence-electron chi connectivity index (χ0n) is 10.1. The Labute approximate surface area is 109 Å². The molecule has 0 radical (unpaired) electrons. The van der Waals surface area contributed by atoms with Gasteiger partial charge in [0.05, 0.1) is 12.0 Å². The van der Waals surface area contributed by atoms with Crippen LogP contribution in [0.3, 0.4) is 0 Å². The highest BCUT2D eigenvalue weighted by atomic mass is 16.3.